The minimum absolute atomic E-state index is 0.209. The van der Waals surface area contributed by atoms with Crippen LogP contribution in [0.2, 0.25) is 0 Å². The molecule has 2 rings (SSSR count). The number of anilines is 2. The fourth-order valence-corrected chi connectivity index (χ4v) is 2.15. The Balaban J connectivity index is 2.15. The fraction of sp³-hybridized carbons (Fsp3) is 0.769. The molecular formula is C13H23N5O2. The summed E-state index contributed by atoms with van der Waals surface area (Å²) in [7, 11) is 0. The van der Waals surface area contributed by atoms with Crippen LogP contribution in [0.15, 0.2) is 0 Å². The van der Waals surface area contributed by atoms with Gasteiger partial charge in [-0.25, -0.2) is 0 Å². The van der Waals surface area contributed by atoms with E-state index in [-0.39, 0.29) is 6.61 Å². The smallest absolute Gasteiger partial charge is 0.323 e. The molecule has 1 atom stereocenters. The van der Waals surface area contributed by atoms with Crippen molar-refractivity contribution in [3.8, 4) is 6.01 Å². The molecule has 2 heterocycles. The number of ether oxygens (including phenoxy) is 1. The first-order valence-electron chi connectivity index (χ1n) is 7.25. The van der Waals surface area contributed by atoms with Gasteiger partial charge in [-0.1, -0.05) is 6.92 Å². The van der Waals surface area contributed by atoms with Gasteiger partial charge in [0.15, 0.2) is 0 Å². The summed E-state index contributed by atoms with van der Waals surface area (Å²) in [5, 5.41) is 12.3. The van der Waals surface area contributed by atoms with E-state index in [0.717, 1.165) is 32.5 Å². The van der Waals surface area contributed by atoms with E-state index in [0.29, 0.717) is 30.4 Å². The standard InChI is InChI=1S/C13H23N5O2/c1-3-7-20-13-16-11(14-4-2)15-12(17-13)18-6-5-10(8-18)9-19/h10,19H,3-9H2,1-2H3,(H,14,15,16,17). The van der Waals surface area contributed by atoms with Crippen molar-refractivity contribution < 1.29 is 9.84 Å². The number of nitrogens with one attached hydrogen (secondary N) is 1. The highest BCUT2D eigenvalue weighted by Gasteiger charge is 2.24. The van der Waals surface area contributed by atoms with Crippen LogP contribution in [-0.2, 0) is 0 Å². The van der Waals surface area contributed by atoms with Gasteiger partial charge in [0.2, 0.25) is 11.9 Å². The van der Waals surface area contributed by atoms with Crippen molar-refractivity contribution >= 4 is 11.9 Å². The van der Waals surface area contributed by atoms with Crippen LogP contribution in [0.5, 0.6) is 6.01 Å². The van der Waals surface area contributed by atoms with Crippen LogP contribution in [0.1, 0.15) is 26.7 Å². The van der Waals surface area contributed by atoms with Crippen LogP contribution >= 0.6 is 0 Å². The highest BCUT2D eigenvalue weighted by molar-refractivity contribution is 5.39. The topological polar surface area (TPSA) is 83.4 Å². The van der Waals surface area contributed by atoms with Gasteiger partial charge in [-0.05, 0) is 19.8 Å². The Morgan fingerprint density at radius 3 is 2.85 bits per heavy atom. The fourth-order valence-electron chi connectivity index (χ4n) is 2.15. The molecule has 7 heteroatoms. The van der Waals surface area contributed by atoms with E-state index in [9.17, 15) is 5.11 Å². The number of aliphatic hydroxyl groups is 1. The molecule has 0 radical (unpaired) electrons. The summed E-state index contributed by atoms with van der Waals surface area (Å²) in [6.45, 7) is 7.21. The van der Waals surface area contributed by atoms with E-state index < -0.39 is 0 Å². The maximum Gasteiger partial charge on any atom is 0.323 e. The van der Waals surface area contributed by atoms with Gasteiger partial charge >= 0.3 is 6.01 Å². The van der Waals surface area contributed by atoms with Gasteiger partial charge in [0.1, 0.15) is 0 Å². The minimum atomic E-state index is 0.209. The van der Waals surface area contributed by atoms with Crippen LogP contribution in [0, 0.1) is 5.92 Å². The summed E-state index contributed by atoms with van der Waals surface area (Å²) >= 11 is 0. The summed E-state index contributed by atoms with van der Waals surface area (Å²) in [6.07, 6.45) is 1.87. The van der Waals surface area contributed by atoms with Crippen molar-refractivity contribution in [2.45, 2.75) is 26.7 Å². The predicted octanol–water partition coefficient (Wildman–Crippen LogP) is 0.911. The molecule has 1 aromatic heterocycles. The molecule has 0 amide bonds. The zero-order valence-corrected chi connectivity index (χ0v) is 12.2. The second-order valence-electron chi connectivity index (χ2n) is 4.90. The van der Waals surface area contributed by atoms with E-state index in [1.165, 1.54) is 0 Å². The van der Waals surface area contributed by atoms with E-state index >= 15 is 0 Å². The lowest BCUT2D eigenvalue weighted by Gasteiger charge is -2.17. The second-order valence-corrected chi connectivity index (χ2v) is 4.90. The number of rotatable bonds is 7. The van der Waals surface area contributed by atoms with Crippen LogP contribution < -0.4 is 15.0 Å². The van der Waals surface area contributed by atoms with Crippen molar-refractivity contribution in [2.24, 2.45) is 5.92 Å². The zero-order valence-electron chi connectivity index (χ0n) is 12.2. The Hall–Kier alpha value is -1.63. The third-order valence-electron chi connectivity index (χ3n) is 3.20. The van der Waals surface area contributed by atoms with Gasteiger partial charge in [-0.15, -0.1) is 0 Å². The molecule has 1 saturated heterocycles. The van der Waals surface area contributed by atoms with Crippen LogP contribution in [0.25, 0.3) is 0 Å². The third-order valence-corrected chi connectivity index (χ3v) is 3.20. The monoisotopic (exact) mass is 281 g/mol. The molecule has 112 valence electrons. The molecule has 1 aromatic rings. The van der Waals surface area contributed by atoms with E-state index in [1.54, 1.807) is 0 Å². The summed E-state index contributed by atoms with van der Waals surface area (Å²) < 4.78 is 5.52. The summed E-state index contributed by atoms with van der Waals surface area (Å²) in [5.74, 6) is 1.46. The highest BCUT2D eigenvalue weighted by Crippen LogP contribution is 2.22. The molecule has 20 heavy (non-hydrogen) atoms. The molecule has 1 aliphatic rings. The van der Waals surface area contributed by atoms with Crippen molar-refractivity contribution in [2.75, 3.05) is 43.1 Å². The molecule has 2 N–H and O–H groups in total. The Kier molecular flexibility index (Phi) is 5.34. The largest absolute Gasteiger partial charge is 0.463 e. The van der Waals surface area contributed by atoms with Crippen molar-refractivity contribution in [3.63, 3.8) is 0 Å². The zero-order chi connectivity index (χ0) is 14.4. The SMILES string of the molecule is CCCOc1nc(NCC)nc(N2CCC(CO)C2)n1. The lowest BCUT2D eigenvalue weighted by molar-refractivity contribution is 0.238. The first kappa shape index (κ1) is 14.8. The Morgan fingerprint density at radius 1 is 1.35 bits per heavy atom. The molecule has 0 saturated carbocycles. The van der Waals surface area contributed by atoms with Gasteiger partial charge < -0.3 is 20.1 Å². The Morgan fingerprint density at radius 2 is 2.20 bits per heavy atom. The van der Waals surface area contributed by atoms with Crippen molar-refractivity contribution in [1.29, 1.82) is 0 Å². The molecule has 0 aliphatic carbocycles. The van der Waals surface area contributed by atoms with Crippen molar-refractivity contribution in [1.82, 2.24) is 15.0 Å². The van der Waals surface area contributed by atoms with Crippen molar-refractivity contribution in [3.05, 3.63) is 0 Å². The molecule has 7 nitrogen and oxygen atoms in total. The van der Waals surface area contributed by atoms with Gasteiger partial charge in [0.05, 0.1) is 6.61 Å². The van der Waals surface area contributed by atoms with E-state index in [4.69, 9.17) is 4.74 Å². The Bertz CT molecular complexity index is 429. The minimum Gasteiger partial charge on any atom is -0.463 e. The normalized spacial score (nSPS) is 18.4. The van der Waals surface area contributed by atoms with Crippen LogP contribution in [-0.4, -0.2) is 52.9 Å². The molecule has 0 bridgehead atoms. The Labute approximate surface area is 119 Å². The van der Waals surface area contributed by atoms with Gasteiger partial charge in [0, 0.05) is 32.2 Å². The number of hydrogen-bond acceptors (Lipinski definition) is 7. The van der Waals surface area contributed by atoms with E-state index in [2.05, 4.69) is 25.2 Å². The number of nitrogens with zero attached hydrogens (tertiary/aromatic N) is 4. The van der Waals surface area contributed by atoms with Gasteiger partial charge in [0.25, 0.3) is 0 Å². The first-order valence-corrected chi connectivity index (χ1v) is 7.25. The average Bonchev–Trinajstić information content (AvgIpc) is 2.94. The van der Waals surface area contributed by atoms with Crippen LogP contribution in [0.4, 0.5) is 11.9 Å². The number of aromatic nitrogens is 3. The summed E-state index contributed by atoms with van der Waals surface area (Å²) in [4.78, 5) is 15.1. The maximum atomic E-state index is 9.22. The molecule has 1 unspecified atom stereocenters. The quantitative estimate of drug-likeness (QED) is 0.768. The predicted molar refractivity (Wildman–Crippen MR) is 77.2 cm³/mol. The highest BCUT2D eigenvalue weighted by atomic mass is 16.5. The van der Waals surface area contributed by atoms with E-state index in [1.807, 2.05) is 13.8 Å². The maximum absolute atomic E-state index is 9.22. The molecule has 0 spiro atoms. The number of hydrogen-bond donors (Lipinski definition) is 2. The molecule has 1 fully saturated rings. The lowest BCUT2D eigenvalue weighted by atomic mass is 10.1. The third kappa shape index (κ3) is 3.69. The summed E-state index contributed by atoms with van der Waals surface area (Å²) in [6, 6.07) is 0.361. The lowest BCUT2D eigenvalue weighted by Crippen LogP contribution is -2.24. The van der Waals surface area contributed by atoms with Gasteiger partial charge in [-0.2, -0.15) is 15.0 Å². The first-order chi connectivity index (χ1) is 9.76. The molecule has 1 aliphatic heterocycles. The second kappa shape index (κ2) is 7.23. The molecule has 0 aromatic carbocycles. The van der Waals surface area contributed by atoms with Gasteiger partial charge in [-0.3, -0.25) is 0 Å². The summed E-state index contributed by atoms with van der Waals surface area (Å²) in [5.41, 5.74) is 0. The van der Waals surface area contributed by atoms with Crippen LogP contribution in [0.3, 0.4) is 0 Å². The molecular weight excluding hydrogens is 258 g/mol. The average molecular weight is 281 g/mol. The number of aliphatic hydroxyl groups excluding tert-OH is 1.